The molecule has 0 aliphatic carbocycles. The predicted molar refractivity (Wildman–Crippen MR) is 76.6 cm³/mol. The molecule has 0 unspecified atom stereocenters. The molecule has 0 saturated heterocycles. The fraction of sp³-hybridized carbons (Fsp3) is 0.400. The molecule has 0 heterocycles. The molecule has 4 heteroatoms. The average molecular weight is 262 g/mol. The van der Waals surface area contributed by atoms with Crippen molar-refractivity contribution in [2.75, 3.05) is 13.6 Å². The molecular formula is C15H22N2O2. The number of hydroxylamine groups is 1. The molecule has 104 valence electrons. The van der Waals surface area contributed by atoms with Crippen molar-refractivity contribution in [1.29, 1.82) is 0 Å². The number of hydrogen-bond donors (Lipinski definition) is 2. The van der Waals surface area contributed by atoms with E-state index in [4.69, 9.17) is 5.21 Å². The van der Waals surface area contributed by atoms with Crippen molar-refractivity contribution in [1.82, 2.24) is 10.4 Å². The first-order valence-corrected chi connectivity index (χ1v) is 6.55. The van der Waals surface area contributed by atoms with Crippen LogP contribution in [0.5, 0.6) is 0 Å². The highest BCUT2D eigenvalue weighted by molar-refractivity contribution is 5.90. The molecule has 0 aliphatic rings. The molecule has 0 fully saturated rings. The lowest BCUT2D eigenvalue weighted by Gasteiger charge is -2.16. The number of hydrogen-bond acceptors (Lipinski definition) is 3. The quantitative estimate of drug-likeness (QED) is 0.451. The lowest BCUT2D eigenvalue weighted by atomic mass is 10.1. The molecule has 1 aromatic carbocycles. The maximum atomic E-state index is 10.8. The molecule has 0 bridgehead atoms. The largest absolute Gasteiger partial charge is 0.302 e. The van der Waals surface area contributed by atoms with E-state index in [1.54, 1.807) is 11.6 Å². The van der Waals surface area contributed by atoms with Gasteiger partial charge >= 0.3 is 0 Å². The minimum absolute atomic E-state index is 0.525. The smallest absolute Gasteiger partial charge is 0.267 e. The Bertz CT molecular complexity index is 413. The van der Waals surface area contributed by atoms with Crippen LogP contribution < -0.4 is 5.48 Å². The summed E-state index contributed by atoms with van der Waals surface area (Å²) < 4.78 is 0. The Kier molecular flexibility index (Phi) is 6.85. The summed E-state index contributed by atoms with van der Waals surface area (Å²) >= 11 is 0. The number of nitrogens with one attached hydrogen (secondary N) is 1. The number of benzene rings is 1. The molecule has 1 amide bonds. The molecule has 0 spiro atoms. The molecule has 0 aromatic heterocycles. The molecule has 0 atom stereocenters. The summed E-state index contributed by atoms with van der Waals surface area (Å²) in [4.78, 5) is 13.1. The first kappa shape index (κ1) is 15.4. The third-order valence-corrected chi connectivity index (χ3v) is 2.86. The van der Waals surface area contributed by atoms with Gasteiger partial charge in [0.05, 0.1) is 0 Å². The molecule has 0 saturated carbocycles. The molecule has 1 aromatic rings. The van der Waals surface area contributed by atoms with E-state index in [0.717, 1.165) is 18.7 Å². The topological polar surface area (TPSA) is 52.6 Å². The van der Waals surface area contributed by atoms with Gasteiger partial charge in [-0.2, -0.15) is 0 Å². The van der Waals surface area contributed by atoms with Crippen molar-refractivity contribution in [3.8, 4) is 0 Å². The Hall–Kier alpha value is -1.65. The summed E-state index contributed by atoms with van der Waals surface area (Å²) in [6, 6.07) is 8.03. The summed E-state index contributed by atoms with van der Waals surface area (Å²) in [5, 5.41) is 8.37. The third-order valence-electron chi connectivity index (χ3n) is 2.86. The second kappa shape index (κ2) is 8.45. The fourth-order valence-corrected chi connectivity index (χ4v) is 1.76. The Balaban J connectivity index is 2.51. The van der Waals surface area contributed by atoms with Crippen molar-refractivity contribution >= 4 is 12.0 Å². The van der Waals surface area contributed by atoms with Crippen molar-refractivity contribution in [2.24, 2.45) is 0 Å². The number of unbranched alkanes of at least 4 members (excludes halogenated alkanes) is 1. The van der Waals surface area contributed by atoms with E-state index in [0.29, 0.717) is 0 Å². The van der Waals surface area contributed by atoms with Crippen molar-refractivity contribution in [3.63, 3.8) is 0 Å². The second-order valence-corrected chi connectivity index (χ2v) is 4.64. The van der Waals surface area contributed by atoms with Gasteiger partial charge in [0.15, 0.2) is 0 Å². The van der Waals surface area contributed by atoms with Gasteiger partial charge in [-0.15, -0.1) is 0 Å². The van der Waals surface area contributed by atoms with E-state index in [-0.39, 0.29) is 0 Å². The van der Waals surface area contributed by atoms with Gasteiger partial charge in [-0.25, -0.2) is 5.48 Å². The monoisotopic (exact) mass is 262 g/mol. The van der Waals surface area contributed by atoms with Crippen LogP contribution in [0.4, 0.5) is 0 Å². The van der Waals surface area contributed by atoms with Crippen molar-refractivity contribution < 1.29 is 10.0 Å². The minimum Gasteiger partial charge on any atom is -0.302 e. The van der Waals surface area contributed by atoms with Crippen LogP contribution in [0.15, 0.2) is 30.3 Å². The standard InChI is InChI=1S/C15H22N2O2/c1-3-4-11-17(2)12-14-7-5-13(6-8-14)9-10-15(18)16-19/h5-10,19H,3-4,11-12H2,1-2H3,(H,16,18)/b10-9+. The minimum atomic E-state index is -0.525. The molecule has 19 heavy (non-hydrogen) atoms. The first-order chi connectivity index (χ1) is 9.15. The van der Waals surface area contributed by atoms with Gasteiger partial charge < -0.3 is 4.90 Å². The van der Waals surface area contributed by atoms with Gasteiger partial charge in [-0.1, -0.05) is 37.6 Å². The van der Waals surface area contributed by atoms with Gasteiger partial charge in [0.1, 0.15) is 0 Å². The van der Waals surface area contributed by atoms with Crippen LogP contribution in [0.3, 0.4) is 0 Å². The Morgan fingerprint density at radius 2 is 2.05 bits per heavy atom. The number of rotatable bonds is 7. The average Bonchev–Trinajstić information content (AvgIpc) is 2.44. The SMILES string of the molecule is CCCCN(C)Cc1ccc(/C=C/C(=O)NO)cc1. The summed E-state index contributed by atoms with van der Waals surface area (Å²) in [7, 11) is 2.12. The summed E-state index contributed by atoms with van der Waals surface area (Å²) in [6.45, 7) is 4.23. The van der Waals surface area contributed by atoms with Crippen LogP contribution >= 0.6 is 0 Å². The third kappa shape index (κ3) is 6.18. The highest BCUT2D eigenvalue weighted by atomic mass is 16.5. The maximum Gasteiger partial charge on any atom is 0.267 e. The molecular weight excluding hydrogens is 240 g/mol. The zero-order valence-corrected chi connectivity index (χ0v) is 11.6. The Labute approximate surface area is 114 Å². The Morgan fingerprint density at radius 1 is 1.37 bits per heavy atom. The summed E-state index contributed by atoms with van der Waals surface area (Å²) in [5.41, 5.74) is 3.75. The van der Waals surface area contributed by atoms with Crippen LogP contribution in [-0.2, 0) is 11.3 Å². The number of carbonyl (C=O) groups is 1. The van der Waals surface area contributed by atoms with Gasteiger partial charge in [0.25, 0.3) is 5.91 Å². The highest BCUT2D eigenvalue weighted by Gasteiger charge is 1.99. The first-order valence-electron chi connectivity index (χ1n) is 6.55. The van der Waals surface area contributed by atoms with E-state index in [2.05, 4.69) is 31.0 Å². The van der Waals surface area contributed by atoms with E-state index in [1.165, 1.54) is 24.5 Å². The highest BCUT2D eigenvalue weighted by Crippen LogP contribution is 2.08. The van der Waals surface area contributed by atoms with Crippen molar-refractivity contribution in [3.05, 3.63) is 41.5 Å². The predicted octanol–water partition coefficient (Wildman–Crippen LogP) is 2.44. The van der Waals surface area contributed by atoms with Crippen LogP contribution in [0.2, 0.25) is 0 Å². The maximum absolute atomic E-state index is 10.8. The normalized spacial score (nSPS) is 11.2. The number of amides is 1. The van der Waals surface area contributed by atoms with E-state index in [9.17, 15) is 4.79 Å². The van der Waals surface area contributed by atoms with Gasteiger partial charge in [0, 0.05) is 12.6 Å². The lowest BCUT2D eigenvalue weighted by Crippen LogP contribution is -2.18. The van der Waals surface area contributed by atoms with Crippen molar-refractivity contribution in [2.45, 2.75) is 26.3 Å². The van der Waals surface area contributed by atoms with Crippen LogP contribution in [0, 0.1) is 0 Å². The zero-order valence-electron chi connectivity index (χ0n) is 11.6. The molecule has 0 radical (unpaired) electrons. The lowest BCUT2D eigenvalue weighted by molar-refractivity contribution is -0.124. The fourth-order valence-electron chi connectivity index (χ4n) is 1.76. The van der Waals surface area contributed by atoms with E-state index < -0.39 is 5.91 Å². The van der Waals surface area contributed by atoms with Gasteiger partial charge in [0.2, 0.25) is 0 Å². The van der Waals surface area contributed by atoms with Gasteiger partial charge in [-0.05, 0) is 37.2 Å². The van der Waals surface area contributed by atoms with Crippen LogP contribution in [0.25, 0.3) is 6.08 Å². The summed E-state index contributed by atoms with van der Waals surface area (Å²) in [5.74, 6) is -0.525. The Morgan fingerprint density at radius 3 is 2.63 bits per heavy atom. The molecule has 4 nitrogen and oxygen atoms in total. The zero-order chi connectivity index (χ0) is 14.1. The van der Waals surface area contributed by atoms with Gasteiger partial charge in [-0.3, -0.25) is 10.0 Å². The molecule has 1 rings (SSSR count). The second-order valence-electron chi connectivity index (χ2n) is 4.64. The summed E-state index contributed by atoms with van der Waals surface area (Å²) in [6.07, 6.45) is 5.38. The molecule has 2 N–H and O–H groups in total. The molecule has 0 aliphatic heterocycles. The number of nitrogens with zero attached hydrogens (tertiary/aromatic N) is 1. The van der Waals surface area contributed by atoms with E-state index in [1.807, 2.05) is 12.1 Å². The van der Waals surface area contributed by atoms with E-state index >= 15 is 0 Å². The number of carbonyl (C=O) groups excluding carboxylic acids is 1. The van der Waals surface area contributed by atoms with Crippen LogP contribution in [0.1, 0.15) is 30.9 Å². The van der Waals surface area contributed by atoms with Crippen LogP contribution in [-0.4, -0.2) is 29.6 Å².